The van der Waals surface area contributed by atoms with Gasteiger partial charge in [0.1, 0.15) is 9.09 Å². The number of hydrogen-bond acceptors (Lipinski definition) is 4. The van der Waals surface area contributed by atoms with E-state index in [0.29, 0.717) is 18.0 Å². The maximum Gasteiger partial charge on any atom is 0.346 e. The molecule has 0 radical (unpaired) electrons. The average molecular weight is 305 g/mol. The Morgan fingerprint density at radius 3 is 2.58 bits per heavy atom. The molecule has 0 unspecified atom stereocenters. The summed E-state index contributed by atoms with van der Waals surface area (Å²) in [6.45, 7) is 6.13. The Balaban J connectivity index is 2.72. The molecule has 108 valence electrons. The van der Waals surface area contributed by atoms with Crippen molar-refractivity contribution in [1.29, 1.82) is 0 Å². The Morgan fingerprint density at radius 1 is 1.47 bits per heavy atom. The van der Waals surface area contributed by atoms with Gasteiger partial charge in [-0.25, -0.2) is 17.9 Å². The van der Waals surface area contributed by atoms with E-state index >= 15 is 0 Å². The fraction of sp³-hybridized carbons (Fsp3) is 0.583. The van der Waals surface area contributed by atoms with E-state index in [1.54, 1.807) is 6.92 Å². The smallest absolute Gasteiger partial charge is 0.346 e. The number of carbonyl (C=O) groups is 1. The third-order valence-electron chi connectivity index (χ3n) is 2.60. The van der Waals surface area contributed by atoms with Gasteiger partial charge in [0.05, 0.1) is 0 Å². The summed E-state index contributed by atoms with van der Waals surface area (Å²) in [6.07, 6.45) is 1.72. The minimum atomic E-state index is -3.59. The Morgan fingerprint density at radius 2 is 2.11 bits per heavy atom. The summed E-state index contributed by atoms with van der Waals surface area (Å²) in [6, 6.07) is 1.40. The molecule has 1 heterocycles. The number of carboxylic acids is 1. The normalized spacial score (nSPS) is 12.0. The van der Waals surface area contributed by atoms with Gasteiger partial charge in [-0.15, -0.1) is 11.3 Å². The third kappa shape index (κ3) is 4.59. The van der Waals surface area contributed by atoms with Crippen molar-refractivity contribution < 1.29 is 18.3 Å². The topological polar surface area (TPSA) is 83.5 Å². The van der Waals surface area contributed by atoms with Crippen molar-refractivity contribution in [3.05, 3.63) is 16.5 Å². The second-order valence-corrected chi connectivity index (χ2v) is 7.86. The van der Waals surface area contributed by atoms with Crippen molar-refractivity contribution >= 4 is 27.3 Å². The Hall–Kier alpha value is -0.920. The van der Waals surface area contributed by atoms with Crippen LogP contribution >= 0.6 is 11.3 Å². The number of thiophene rings is 1. The molecule has 1 rings (SSSR count). The van der Waals surface area contributed by atoms with Crippen molar-refractivity contribution in [3.8, 4) is 0 Å². The van der Waals surface area contributed by atoms with Gasteiger partial charge in [-0.05, 0) is 37.3 Å². The van der Waals surface area contributed by atoms with Crippen LogP contribution in [0.5, 0.6) is 0 Å². The first-order chi connectivity index (χ1) is 8.74. The van der Waals surface area contributed by atoms with E-state index < -0.39 is 16.0 Å². The molecule has 0 bridgehead atoms. The molecule has 1 aromatic rings. The number of hydrogen-bond donors (Lipinski definition) is 2. The van der Waals surface area contributed by atoms with Crippen molar-refractivity contribution in [2.24, 2.45) is 5.92 Å². The molecule has 7 heteroatoms. The van der Waals surface area contributed by atoms with Crippen molar-refractivity contribution in [2.45, 2.75) is 37.8 Å². The van der Waals surface area contributed by atoms with Gasteiger partial charge in [0.25, 0.3) is 0 Å². The lowest BCUT2D eigenvalue weighted by molar-refractivity contribution is 0.0701. The molecule has 2 N–H and O–H groups in total. The Bertz CT molecular complexity index is 546. The molecule has 0 spiro atoms. The minimum Gasteiger partial charge on any atom is -0.477 e. The van der Waals surface area contributed by atoms with E-state index in [2.05, 4.69) is 18.6 Å². The van der Waals surface area contributed by atoms with Crippen molar-refractivity contribution in [2.75, 3.05) is 6.54 Å². The first-order valence-corrected chi connectivity index (χ1v) is 8.37. The molecule has 0 fully saturated rings. The standard InChI is InChI=1S/C12H19NO4S2/c1-8(2)5-4-6-13-19(16,17)10-7-9(3)11(18-10)12(14)15/h7-8,13H,4-6H2,1-3H3,(H,14,15). The van der Waals surface area contributed by atoms with E-state index in [4.69, 9.17) is 5.11 Å². The quantitative estimate of drug-likeness (QED) is 0.758. The SMILES string of the molecule is Cc1cc(S(=O)(=O)NCCCC(C)C)sc1C(=O)O. The van der Waals surface area contributed by atoms with E-state index in [9.17, 15) is 13.2 Å². The molecule has 0 saturated carbocycles. The highest BCUT2D eigenvalue weighted by atomic mass is 32.2. The maximum atomic E-state index is 12.0. The molecule has 0 saturated heterocycles. The summed E-state index contributed by atoms with van der Waals surface area (Å²) < 4.78 is 26.5. The van der Waals surface area contributed by atoms with Crippen LogP contribution in [0, 0.1) is 12.8 Å². The fourth-order valence-corrected chi connectivity index (χ4v) is 4.08. The van der Waals surface area contributed by atoms with Gasteiger partial charge in [0.15, 0.2) is 0 Å². The van der Waals surface area contributed by atoms with Gasteiger partial charge < -0.3 is 5.11 Å². The molecule has 0 atom stereocenters. The summed E-state index contributed by atoms with van der Waals surface area (Å²) in [5, 5.41) is 8.92. The second-order valence-electron chi connectivity index (χ2n) is 4.82. The van der Waals surface area contributed by atoms with Crippen LogP contribution in [-0.4, -0.2) is 26.0 Å². The molecule has 19 heavy (non-hydrogen) atoms. The van der Waals surface area contributed by atoms with Gasteiger partial charge in [0, 0.05) is 6.54 Å². The molecular weight excluding hydrogens is 286 g/mol. The summed E-state index contributed by atoms with van der Waals surface area (Å²) in [4.78, 5) is 11.0. The summed E-state index contributed by atoms with van der Waals surface area (Å²) in [5.41, 5.74) is 0.472. The molecule has 0 aromatic carbocycles. The molecule has 0 aliphatic rings. The number of sulfonamides is 1. The molecule has 0 aliphatic heterocycles. The van der Waals surface area contributed by atoms with Crippen LogP contribution in [0.3, 0.4) is 0 Å². The van der Waals surface area contributed by atoms with Crippen molar-refractivity contribution in [3.63, 3.8) is 0 Å². The highest BCUT2D eigenvalue weighted by Crippen LogP contribution is 2.25. The Kier molecular flexibility index (Phi) is 5.51. The molecule has 0 aliphatic carbocycles. The first kappa shape index (κ1) is 16.1. The highest BCUT2D eigenvalue weighted by molar-refractivity contribution is 7.91. The lowest BCUT2D eigenvalue weighted by Crippen LogP contribution is -2.24. The van der Waals surface area contributed by atoms with Gasteiger partial charge in [0.2, 0.25) is 10.0 Å². The number of nitrogens with one attached hydrogen (secondary N) is 1. The molecular formula is C12H19NO4S2. The number of aromatic carboxylic acids is 1. The summed E-state index contributed by atoms with van der Waals surface area (Å²) in [5.74, 6) is -0.559. The van der Waals surface area contributed by atoms with Crippen LogP contribution in [0.15, 0.2) is 10.3 Å². The third-order valence-corrected chi connectivity index (χ3v) is 5.76. The number of rotatable bonds is 7. The van der Waals surface area contributed by atoms with Crippen LogP contribution in [0.1, 0.15) is 41.9 Å². The highest BCUT2D eigenvalue weighted by Gasteiger charge is 2.21. The van der Waals surface area contributed by atoms with E-state index in [1.165, 1.54) is 6.07 Å². The minimum absolute atomic E-state index is 0.0620. The van der Waals surface area contributed by atoms with Crippen molar-refractivity contribution in [1.82, 2.24) is 4.72 Å². The van der Waals surface area contributed by atoms with Gasteiger partial charge >= 0.3 is 5.97 Å². The van der Waals surface area contributed by atoms with Crippen LogP contribution in [0.25, 0.3) is 0 Å². The van der Waals surface area contributed by atoms with E-state index in [0.717, 1.165) is 24.2 Å². The molecule has 1 aromatic heterocycles. The molecule has 0 amide bonds. The second kappa shape index (κ2) is 6.49. The number of carboxylic acid groups (broad SMARTS) is 1. The van der Waals surface area contributed by atoms with E-state index in [1.807, 2.05) is 0 Å². The summed E-state index contributed by atoms with van der Waals surface area (Å²) in [7, 11) is -3.59. The lowest BCUT2D eigenvalue weighted by Gasteiger charge is -2.06. The van der Waals surface area contributed by atoms with Crippen LogP contribution < -0.4 is 4.72 Å². The van der Waals surface area contributed by atoms with Crippen LogP contribution in [-0.2, 0) is 10.0 Å². The van der Waals surface area contributed by atoms with Gasteiger partial charge in [-0.1, -0.05) is 13.8 Å². The predicted octanol–water partition coefficient (Wildman–Crippen LogP) is 2.47. The molecule has 5 nitrogen and oxygen atoms in total. The van der Waals surface area contributed by atoms with Gasteiger partial charge in [-0.3, -0.25) is 0 Å². The van der Waals surface area contributed by atoms with Crippen LogP contribution in [0.4, 0.5) is 0 Å². The monoisotopic (exact) mass is 305 g/mol. The zero-order valence-corrected chi connectivity index (χ0v) is 12.9. The maximum absolute atomic E-state index is 12.0. The fourth-order valence-electron chi connectivity index (χ4n) is 1.59. The Labute approximate surface area is 117 Å². The van der Waals surface area contributed by atoms with Gasteiger partial charge in [-0.2, -0.15) is 0 Å². The largest absolute Gasteiger partial charge is 0.477 e. The summed E-state index contributed by atoms with van der Waals surface area (Å²) >= 11 is 0.789. The zero-order chi connectivity index (χ0) is 14.6. The predicted molar refractivity (Wildman–Crippen MR) is 75.3 cm³/mol. The van der Waals surface area contributed by atoms with E-state index in [-0.39, 0.29) is 9.09 Å². The zero-order valence-electron chi connectivity index (χ0n) is 11.3. The number of aryl methyl sites for hydroxylation is 1. The van der Waals surface area contributed by atoms with Crippen LogP contribution in [0.2, 0.25) is 0 Å². The first-order valence-electron chi connectivity index (χ1n) is 6.07. The average Bonchev–Trinajstić information content (AvgIpc) is 2.67. The lowest BCUT2D eigenvalue weighted by atomic mass is 10.1.